The Hall–Kier alpha value is -3.07. The Labute approximate surface area is 158 Å². The summed E-state index contributed by atoms with van der Waals surface area (Å²) in [6, 6.07) is 16.6. The molecule has 28 heavy (non-hydrogen) atoms. The molecule has 0 spiro atoms. The number of carbonyl (C=O) groups excluding carboxylic acids is 1. The largest absolute Gasteiger partial charge is 0.405 e. The first kappa shape index (κ1) is 19.7. The number of carbonyl (C=O) groups is 1. The molecule has 0 bridgehead atoms. The molecule has 0 atom stereocenters. The van der Waals surface area contributed by atoms with Crippen LogP contribution in [0.2, 0.25) is 0 Å². The standard InChI is InChI=1S/C19H14F3NO4S/c20-19(21,22)12-23-18(24)14-6-9-17(10-7-14)28(25,26)27-16-8-5-13-3-1-2-4-15(13)11-16/h1-11H,12H2,(H,23,24). The van der Waals surface area contributed by atoms with Crippen LogP contribution >= 0.6 is 0 Å². The molecule has 0 aromatic heterocycles. The number of rotatable bonds is 5. The third-order valence-corrected chi connectivity index (χ3v) is 5.04. The maximum Gasteiger partial charge on any atom is 0.405 e. The van der Waals surface area contributed by atoms with E-state index in [1.54, 1.807) is 17.4 Å². The van der Waals surface area contributed by atoms with Gasteiger partial charge in [-0.3, -0.25) is 4.79 Å². The average molecular weight is 409 g/mol. The monoisotopic (exact) mass is 409 g/mol. The lowest BCUT2D eigenvalue weighted by Crippen LogP contribution is -2.33. The van der Waals surface area contributed by atoms with Gasteiger partial charge in [0.15, 0.2) is 0 Å². The van der Waals surface area contributed by atoms with E-state index in [1.807, 2.05) is 24.3 Å². The average Bonchev–Trinajstić information content (AvgIpc) is 2.65. The molecule has 0 aliphatic heterocycles. The third-order valence-electron chi connectivity index (χ3n) is 3.78. The summed E-state index contributed by atoms with van der Waals surface area (Å²) in [4.78, 5) is 11.4. The quantitative estimate of drug-likeness (QED) is 0.649. The molecule has 0 saturated heterocycles. The second-order valence-corrected chi connectivity index (χ2v) is 7.41. The van der Waals surface area contributed by atoms with Crippen LogP contribution in [0, 0.1) is 0 Å². The van der Waals surface area contributed by atoms with Crippen LogP contribution in [0.4, 0.5) is 13.2 Å². The summed E-state index contributed by atoms with van der Waals surface area (Å²) >= 11 is 0. The van der Waals surface area contributed by atoms with E-state index in [0.29, 0.717) is 0 Å². The minimum absolute atomic E-state index is 0.103. The van der Waals surface area contributed by atoms with E-state index in [1.165, 1.54) is 6.07 Å². The first-order valence-corrected chi connectivity index (χ1v) is 9.43. The normalized spacial score (nSPS) is 12.0. The van der Waals surface area contributed by atoms with Crippen molar-refractivity contribution in [2.75, 3.05) is 6.54 Å². The van der Waals surface area contributed by atoms with Crippen LogP contribution in [-0.4, -0.2) is 27.0 Å². The Morgan fingerprint density at radius 3 is 2.21 bits per heavy atom. The number of amides is 1. The number of nitrogens with one attached hydrogen (secondary N) is 1. The van der Waals surface area contributed by atoms with E-state index in [-0.39, 0.29) is 16.2 Å². The zero-order valence-corrected chi connectivity index (χ0v) is 15.0. The Bertz CT molecular complexity index is 1110. The van der Waals surface area contributed by atoms with E-state index in [0.717, 1.165) is 35.0 Å². The summed E-state index contributed by atoms with van der Waals surface area (Å²) in [7, 11) is -4.17. The first-order chi connectivity index (χ1) is 13.1. The highest BCUT2D eigenvalue weighted by Gasteiger charge is 2.28. The van der Waals surface area contributed by atoms with Crippen molar-refractivity contribution in [3.05, 3.63) is 72.3 Å². The van der Waals surface area contributed by atoms with Gasteiger partial charge in [0.2, 0.25) is 0 Å². The van der Waals surface area contributed by atoms with Gasteiger partial charge in [0.25, 0.3) is 5.91 Å². The van der Waals surface area contributed by atoms with Crippen LogP contribution in [0.3, 0.4) is 0 Å². The van der Waals surface area contributed by atoms with Gasteiger partial charge in [-0.15, -0.1) is 0 Å². The van der Waals surface area contributed by atoms with E-state index in [9.17, 15) is 26.4 Å². The molecule has 0 heterocycles. The maximum absolute atomic E-state index is 12.4. The number of halogens is 3. The smallest absolute Gasteiger partial charge is 0.379 e. The van der Waals surface area contributed by atoms with Crippen molar-refractivity contribution in [3.63, 3.8) is 0 Å². The summed E-state index contributed by atoms with van der Waals surface area (Å²) in [6.07, 6.45) is -4.54. The molecule has 0 aliphatic rings. The van der Waals surface area contributed by atoms with Crippen molar-refractivity contribution in [3.8, 4) is 5.75 Å². The molecule has 0 aliphatic carbocycles. The van der Waals surface area contributed by atoms with E-state index in [2.05, 4.69) is 0 Å². The lowest BCUT2D eigenvalue weighted by atomic mass is 10.1. The van der Waals surface area contributed by atoms with Crippen molar-refractivity contribution in [1.82, 2.24) is 5.32 Å². The summed E-state index contributed by atoms with van der Waals surface area (Å²) in [6.45, 7) is -1.48. The summed E-state index contributed by atoms with van der Waals surface area (Å²) in [5.41, 5.74) is -0.103. The zero-order chi connectivity index (χ0) is 20.4. The first-order valence-electron chi connectivity index (χ1n) is 8.02. The number of alkyl halides is 3. The number of fused-ring (bicyclic) bond motifs is 1. The molecule has 146 valence electrons. The SMILES string of the molecule is O=C(NCC(F)(F)F)c1ccc(S(=O)(=O)Oc2ccc3ccccc3c2)cc1. The predicted octanol–water partition coefficient (Wildman–Crippen LogP) is 3.90. The molecule has 3 aromatic rings. The highest BCUT2D eigenvalue weighted by atomic mass is 32.2. The third kappa shape index (κ3) is 4.80. The van der Waals surface area contributed by atoms with Crippen LogP contribution in [0.1, 0.15) is 10.4 Å². The zero-order valence-electron chi connectivity index (χ0n) is 14.2. The molecule has 1 N–H and O–H groups in total. The van der Waals surface area contributed by atoms with Crippen molar-refractivity contribution in [2.24, 2.45) is 0 Å². The van der Waals surface area contributed by atoms with Gasteiger partial charge in [-0.2, -0.15) is 21.6 Å². The molecule has 0 fully saturated rings. The molecule has 0 radical (unpaired) electrons. The molecule has 3 aromatic carbocycles. The van der Waals surface area contributed by atoms with Crippen molar-refractivity contribution in [2.45, 2.75) is 11.1 Å². The van der Waals surface area contributed by atoms with E-state index in [4.69, 9.17) is 4.18 Å². The minimum Gasteiger partial charge on any atom is -0.379 e. The molecule has 0 saturated carbocycles. The van der Waals surface area contributed by atoms with Crippen LogP contribution in [0.25, 0.3) is 10.8 Å². The number of hydrogen-bond donors (Lipinski definition) is 1. The van der Waals surface area contributed by atoms with Gasteiger partial charge in [-0.1, -0.05) is 30.3 Å². The fraction of sp³-hybridized carbons (Fsp3) is 0.105. The predicted molar refractivity (Wildman–Crippen MR) is 96.6 cm³/mol. The fourth-order valence-electron chi connectivity index (χ4n) is 2.45. The van der Waals surface area contributed by atoms with Gasteiger partial charge in [0.05, 0.1) is 0 Å². The van der Waals surface area contributed by atoms with Crippen LogP contribution < -0.4 is 9.50 Å². The van der Waals surface area contributed by atoms with Crippen molar-refractivity contribution >= 4 is 26.8 Å². The molecule has 1 amide bonds. The molecular weight excluding hydrogens is 395 g/mol. The van der Waals surface area contributed by atoms with Gasteiger partial charge < -0.3 is 9.50 Å². The van der Waals surface area contributed by atoms with Gasteiger partial charge >= 0.3 is 16.3 Å². The highest BCUT2D eigenvalue weighted by Crippen LogP contribution is 2.24. The maximum atomic E-state index is 12.4. The van der Waals surface area contributed by atoms with Crippen molar-refractivity contribution in [1.29, 1.82) is 0 Å². The second kappa shape index (κ2) is 7.51. The molecular formula is C19H14F3NO4S. The van der Waals surface area contributed by atoms with Crippen LogP contribution in [0.5, 0.6) is 5.75 Å². The lowest BCUT2D eigenvalue weighted by Gasteiger charge is -2.10. The van der Waals surface area contributed by atoms with Crippen molar-refractivity contribution < 1.29 is 30.6 Å². The number of benzene rings is 3. The molecule has 0 unspecified atom stereocenters. The number of hydrogen-bond acceptors (Lipinski definition) is 4. The van der Waals surface area contributed by atoms with Crippen LogP contribution in [-0.2, 0) is 10.1 Å². The van der Waals surface area contributed by atoms with Gasteiger partial charge in [-0.05, 0) is 47.2 Å². The van der Waals surface area contributed by atoms with E-state index < -0.39 is 28.7 Å². The van der Waals surface area contributed by atoms with Gasteiger partial charge in [-0.25, -0.2) is 0 Å². The molecule has 3 rings (SSSR count). The highest BCUT2D eigenvalue weighted by molar-refractivity contribution is 7.87. The lowest BCUT2D eigenvalue weighted by molar-refractivity contribution is -0.123. The Morgan fingerprint density at radius 1 is 0.929 bits per heavy atom. The Morgan fingerprint density at radius 2 is 1.57 bits per heavy atom. The summed E-state index contributed by atoms with van der Waals surface area (Å²) in [5.74, 6) is -0.845. The Balaban J connectivity index is 1.75. The van der Waals surface area contributed by atoms with E-state index >= 15 is 0 Å². The Kier molecular flexibility index (Phi) is 5.28. The topological polar surface area (TPSA) is 72.5 Å². The summed E-state index contributed by atoms with van der Waals surface area (Å²) < 4.78 is 66.4. The minimum atomic E-state index is -4.54. The van der Waals surface area contributed by atoms with Crippen LogP contribution in [0.15, 0.2) is 71.6 Å². The molecule has 5 nitrogen and oxygen atoms in total. The van der Waals surface area contributed by atoms with Gasteiger partial charge in [0, 0.05) is 5.56 Å². The fourth-order valence-corrected chi connectivity index (χ4v) is 3.37. The molecule has 9 heteroatoms. The van der Waals surface area contributed by atoms with Gasteiger partial charge in [0.1, 0.15) is 17.2 Å². The summed E-state index contributed by atoms with van der Waals surface area (Å²) in [5, 5.41) is 3.43. The second-order valence-electron chi connectivity index (χ2n) is 5.87.